The van der Waals surface area contributed by atoms with Crippen molar-refractivity contribution >= 4 is 17.1 Å². The SMILES string of the molecule is O=C(O)Oc1cc(=O)c2ccccc2o1. The van der Waals surface area contributed by atoms with E-state index < -0.39 is 6.16 Å². The molecule has 76 valence electrons. The van der Waals surface area contributed by atoms with E-state index in [1.165, 1.54) is 0 Å². The summed E-state index contributed by atoms with van der Waals surface area (Å²) in [4.78, 5) is 21.7. The summed E-state index contributed by atoms with van der Waals surface area (Å²) in [5.41, 5.74) is -0.0469. The number of benzene rings is 1. The van der Waals surface area contributed by atoms with Crippen LogP contribution in [-0.2, 0) is 0 Å². The Labute approximate surface area is 83.5 Å². The lowest BCUT2D eigenvalue weighted by Gasteiger charge is -1.99. The van der Waals surface area contributed by atoms with E-state index in [2.05, 4.69) is 4.74 Å². The lowest BCUT2D eigenvalue weighted by Crippen LogP contribution is -2.06. The van der Waals surface area contributed by atoms with Crippen LogP contribution in [0.4, 0.5) is 4.79 Å². The van der Waals surface area contributed by atoms with Gasteiger partial charge in [0.15, 0.2) is 5.43 Å². The van der Waals surface area contributed by atoms with Crippen LogP contribution >= 0.6 is 0 Å². The molecule has 0 radical (unpaired) electrons. The standard InChI is InChI=1S/C10H6O5/c11-7-5-9(15-10(12)13)14-8-4-2-1-3-6(7)8/h1-5H,(H,12,13). The van der Waals surface area contributed by atoms with Gasteiger partial charge in [0.2, 0.25) is 0 Å². The average molecular weight is 206 g/mol. The largest absolute Gasteiger partial charge is 0.513 e. The third kappa shape index (κ3) is 1.80. The topological polar surface area (TPSA) is 76.7 Å². The zero-order valence-corrected chi connectivity index (χ0v) is 7.47. The molecule has 0 amide bonds. The van der Waals surface area contributed by atoms with Gasteiger partial charge in [-0.1, -0.05) is 12.1 Å². The number of rotatable bonds is 1. The maximum Gasteiger partial charge on any atom is 0.513 e. The summed E-state index contributed by atoms with van der Waals surface area (Å²) in [5, 5.41) is 8.73. The molecule has 0 saturated carbocycles. The normalized spacial score (nSPS) is 10.1. The smallest absolute Gasteiger partial charge is 0.449 e. The van der Waals surface area contributed by atoms with Gasteiger partial charge in [0.25, 0.3) is 5.95 Å². The van der Waals surface area contributed by atoms with Gasteiger partial charge in [-0.05, 0) is 12.1 Å². The number of hydrogen-bond acceptors (Lipinski definition) is 4. The van der Waals surface area contributed by atoms with Gasteiger partial charge in [0.05, 0.1) is 11.5 Å². The van der Waals surface area contributed by atoms with E-state index in [0.717, 1.165) is 6.07 Å². The highest BCUT2D eigenvalue weighted by atomic mass is 16.7. The molecule has 0 bridgehead atoms. The van der Waals surface area contributed by atoms with Crippen molar-refractivity contribution in [2.24, 2.45) is 0 Å². The van der Waals surface area contributed by atoms with Crippen LogP contribution in [-0.4, -0.2) is 11.3 Å². The molecule has 5 nitrogen and oxygen atoms in total. The molecular formula is C10H6O5. The number of fused-ring (bicyclic) bond motifs is 1. The minimum Gasteiger partial charge on any atom is -0.449 e. The predicted octanol–water partition coefficient (Wildman–Crippen LogP) is 1.85. The molecule has 1 aromatic carbocycles. The summed E-state index contributed by atoms with van der Waals surface area (Å²) in [5.74, 6) is -0.328. The zero-order valence-electron chi connectivity index (χ0n) is 7.47. The number of carboxylic acid groups (broad SMARTS) is 1. The van der Waals surface area contributed by atoms with Crippen LogP contribution in [0, 0.1) is 0 Å². The number of carbonyl (C=O) groups is 1. The van der Waals surface area contributed by atoms with E-state index in [1.54, 1.807) is 24.3 Å². The Bertz CT molecular complexity index is 569. The van der Waals surface area contributed by atoms with Gasteiger partial charge in [0, 0.05) is 0 Å². The number of ether oxygens (including phenoxy) is 1. The summed E-state index contributed by atoms with van der Waals surface area (Å²) in [6.07, 6.45) is -1.52. The molecule has 0 unspecified atom stereocenters. The second-order valence-corrected chi connectivity index (χ2v) is 2.79. The summed E-state index contributed by atoms with van der Waals surface area (Å²) in [6.45, 7) is 0. The van der Waals surface area contributed by atoms with Crippen molar-refractivity contribution < 1.29 is 19.1 Å². The zero-order chi connectivity index (χ0) is 10.8. The van der Waals surface area contributed by atoms with Crippen molar-refractivity contribution in [3.8, 4) is 5.95 Å². The van der Waals surface area contributed by atoms with Gasteiger partial charge in [-0.25, -0.2) is 4.79 Å². The van der Waals surface area contributed by atoms with Gasteiger partial charge in [-0.3, -0.25) is 4.79 Å². The molecular weight excluding hydrogens is 200 g/mol. The minimum atomic E-state index is -1.52. The van der Waals surface area contributed by atoms with Gasteiger partial charge in [0.1, 0.15) is 5.58 Å². The third-order valence-electron chi connectivity index (χ3n) is 1.80. The molecule has 0 aliphatic heterocycles. The second kappa shape index (κ2) is 3.45. The fourth-order valence-corrected chi connectivity index (χ4v) is 1.22. The Morgan fingerprint density at radius 3 is 2.80 bits per heavy atom. The Hall–Kier alpha value is -2.30. The molecule has 1 heterocycles. The van der Waals surface area contributed by atoms with E-state index in [1.807, 2.05) is 0 Å². The Balaban J connectivity index is 2.62. The highest BCUT2D eigenvalue weighted by Crippen LogP contribution is 2.16. The predicted molar refractivity (Wildman–Crippen MR) is 51.1 cm³/mol. The molecule has 1 aromatic heterocycles. The first kappa shape index (κ1) is 9.26. The molecule has 1 N–H and O–H groups in total. The van der Waals surface area contributed by atoms with Crippen LogP contribution in [0.25, 0.3) is 11.0 Å². The van der Waals surface area contributed by atoms with Crippen LogP contribution < -0.4 is 10.2 Å². The van der Waals surface area contributed by atoms with Crippen molar-refractivity contribution in [2.45, 2.75) is 0 Å². The number of para-hydroxylation sites is 1. The van der Waals surface area contributed by atoms with Gasteiger partial charge in [-0.15, -0.1) is 0 Å². The lowest BCUT2D eigenvalue weighted by molar-refractivity contribution is 0.133. The molecule has 0 aliphatic rings. The Morgan fingerprint density at radius 1 is 1.33 bits per heavy atom. The maximum atomic E-state index is 11.4. The molecule has 0 aliphatic carbocycles. The van der Waals surface area contributed by atoms with Crippen molar-refractivity contribution in [3.05, 3.63) is 40.6 Å². The minimum absolute atomic E-state index is 0.293. The van der Waals surface area contributed by atoms with Gasteiger partial charge < -0.3 is 14.3 Å². The fourth-order valence-electron chi connectivity index (χ4n) is 1.22. The first-order valence-electron chi connectivity index (χ1n) is 4.10. The third-order valence-corrected chi connectivity index (χ3v) is 1.80. The summed E-state index contributed by atoms with van der Waals surface area (Å²) < 4.78 is 9.30. The molecule has 5 heteroatoms. The first-order chi connectivity index (χ1) is 7.16. The van der Waals surface area contributed by atoms with Gasteiger partial charge >= 0.3 is 6.16 Å². The first-order valence-corrected chi connectivity index (χ1v) is 4.10. The van der Waals surface area contributed by atoms with E-state index in [4.69, 9.17) is 9.52 Å². The van der Waals surface area contributed by atoms with E-state index in [9.17, 15) is 9.59 Å². The maximum absolute atomic E-state index is 11.4. The van der Waals surface area contributed by atoms with E-state index in [-0.39, 0.29) is 11.4 Å². The number of hydrogen-bond donors (Lipinski definition) is 1. The highest BCUT2D eigenvalue weighted by Gasteiger charge is 2.07. The van der Waals surface area contributed by atoms with Crippen LogP contribution in [0.5, 0.6) is 5.95 Å². The summed E-state index contributed by atoms with van der Waals surface area (Å²) in [7, 11) is 0. The van der Waals surface area contributed by atoms with Crippen LogP contribution in [0.3, 0.4) is 0 Å². The summed E-state index contributed by atoms with van der Waals surface area (Å²) in [6, 6.07) is 7.51. The summed E-state index contributed by atoms with van der Waals surface area (Å²) >= 11 is 0. The second-order valence-electron chi connectivity index (χ2n) is 2.79. The van der Waals surface area contributed by atoms with Crippen LogP contribution in [0.2, 0.25) is 0 Å². The fraction of sp³-hybridized carbons (Fsp3) is 0. The van der Waals surface area contributed by atoms with Crippen molar-refractivity contribution in [3.63, 3.8) is 0 Å². The monoisotopic (exact) mass is 206 g/mol. The van der Waals surface area contributed by atoms with E-state index in [0.29, 0.717) is 11.0 Å². The van der Waals surface area contributed by atoms with E-state index >= 15 is 0 Å². The molecule has 15 heavy (non-hydrogen) atoms. The molecule has 0 fully saturated rings. The quantitative estimate of drug-likeness (QED) is 0.720. The van der Waals surface area contributed by atoms with Crippen LogP contribution in [0.15, 0.2) is 39.5 Å². The molecule has 2 aromatic rings. The van der Waals surface area contributed by atoms with Crippen molar-refractivity contribution in [2.75, 3.05) is 0 Å². The van der Waals surface area contributed by atoms with Crippen molar-refractivity contribution in [1.29, 1.82) is 0 Å². The van der Waals surface area contributed by atoms with Crippen molar-refractivity contribution in [1.82, 2.24) is 0 Å². The molecule has 2 rings (SSSR count). The molecule has 0 spiro atoms. The lowest BCUT2D eigenvalue weighted by atomic mass is 10.2. The molecule has 0 saturated heterocycles. The molecule has 0 atom stereocenters. The Morgan fingerprint density at radius 2 is 2.07 bits per heavy atom. The van der Waals surface area contributed by atoms with Crippen LogP contribution in [0.1, 0.15) is 0 Å². The average Bonchev–Trinajstić information content (AvgIpc) is 2.16. The van der Waals surface area contributed by atoms with Gasteiger partial charge in [-0.2, -0.15) is 0 Å². The highest BCUT2D eigenvalue weighted by molar-refractivity contribution is 5.76. The Kier molecular flexibility index (Phi) is 2.13.